The summed E-state index contributed by atoms with van der Waals surface area (Å²) in [5.41, 5.74) is 5.73. The van der Waals surface area contributed by atoms with Crippen LogP contribution in [0.1, 0.15) is 0 Å². The summed E-state index contributed by atoms with van der Waals surface area (Å²) in [5, 5.41) is 0.1000. The Morgan fingerprint density at radius 2 is 1.43 bits per heavy atom. The van der Waals surface area contributed by atoms with Crippen LogP contribution in [-0.2, 0) is 20.2 Å². The summed E-state index contributed by atoms with van der Waals surface area (Å²) >= 11 is 0. The van der Waals surface area contributed by atoms with E-state index in [1.54, 1.807) is 0 Å². The first-order valence-electron chi connectivity index (χ1n) is 4.84. The third-order valence-corrected chi connectivity index (χ3v) is 4.16. The minimum Gasteiger partial charge on any atom is -0.744 e. The molecule has 0 amide bonds. The summed E-state index contributed by atoms with van der Waals surface area (Å²) in [6.45, 7) is 0. The largest absolute Gasteiger partial charge is 1.00 e. The average molecular weight is 347 g/mol. The molecule has 11 heteroatoms. The van der Waals surface area contributed by atoms with Gasteiger partial charge in [-0.3, -0.25) is 0 Å². The molecular weight excluding hydrogens is 340 g/mol. The van der Waals surface area contributed by atoms with Crippen LogP contribution < -0.4 is 64.8 Å². The van der Waals surface area contributed by atoms with Crippen LogP contribution in [0, 0.1) is 0 Å². The van der Waals surface area contributed by atoms with Gasteiger partial charge in [0.05, 0.1) is 9.79 Å². The van der Waals surface area contributed by atoms with Crippen molar-refractivity contribution in [1.82, 2.24) is 0 Å². The van der Waals surface area contributed by atoms with Crippen molar-refractivity contribution in [2.45, 2.75) is 9.79 Å². The van der Waals surface area contributed by atoms with Crippen molar-refractivity contribution in [3.63, 3.8) is 0 Å². The third kappa shape index (κ3) is 4.90. The van der Waals surface area contributed by atoms with Gasteiger partial charge in [0, 0.05) is 5.69 Å². The molecule has 0 saturated carbocycles. The van der Waals surface area contributed by atoms with Crippen LogP contribution in [0.4, 0.5) is 5.69 Å². The van der Waals surface area contributed by atoms with Crippen molar-refractivity contribution < 1.29 is 85.1 Å². The maximum Gasteiger partial charge on any atom is 1.00 e. The smallest absolute Gasteiger partial charge is 0.744 e. The summed E-state index contributed by atoms with van der Waals surface area (Å²) < 4.78 is 66.3. The van der Waals surface area contributed by atoms with Crippen LogP contribution in [0.3, 0.4) is 0 Å². The first-order valence-corrected chi connectivity index (χ1v) is 7.66. The molecular formula is C10H7NNa2O6S2. The number of rotatable bonds is 2. The van der Waals surface area contributed by atoms with Gasteiger partial charge in [0.25, 0.3) is 0 Å². The zero-order chi connectivity index (χ0) is 14.4. The Labute approximate surface area is 166 Å². The fourth-order valence-corrected chi connectivity index (χ4v) is 3.01. The van der Waals surface area contributed by atoms with E-state index < -0.39 is 30.0 Å². The Kier molecular flexibility index (Phi) is 7.37. The predicted molar refractivity (Wildman–Crippen MR) is 64.3 cm³/mol. The van der Waals surface area contributed by atoms with Crippen molar-refractivity contribution in [3.05, 3.63) is 30.3 Å². The van der Waals surface area contributed by atoms with Gasteiger partial charge in [-0.25, -0.2) is 16.8 Å². The molecule has 2 aromatic carbocycles. The van der Waals surface area contributed by atoms with Crippen molar-refractivity contribution >= 4 is 36.7 Å². The van der Waals surface area contributed by atoms with Gasteiger partial charge in [0.1, 0.15) is 20.2 Å². The number of nitrogen functional groups attached to an aromatic ring is 1. The molecule has 21 heavy (non-hydrogen) atoms. The second-order valence-corrected chi connectivity index (χ2v) is 6.54. The molecule has 0 saturated heterocycles. The quantitative estimate of drug-likeness (QED) is 0.324. The average Bonchev–Trinajstić information content (AvgIpc) is 2.24. The fraction of sp³-hybridized carbons (Fsp3) is 0. The number of hydrogen-bond donors (Lipinski definition) is 1. The Morgan fingerprint density at radius 1 is 0.857 bits per heavy atom. The zero-order valence-corrected chi connectivity index (χ0v) is 16.9. The molecule has 0 bridgehead atoms. The molecule has 0 aliphatic carbocycles. The molecule has 0 aliphatic heterocycles. The van der Waals surface area contributed by atoms with Crippen LogP contribution in [0.15, 0.2) is 40.1 Å². The van der Waals surface area contributed by atoms with Gasteiger partial charge >= 0.3 is 59.1 Å². The standard InChI is InChI=1S/C10H9NO6S2.2Na/c11-7-1-2-9-6(3-7)4-8(18(12,13)14)5-10(9)19(15,16)17;;/h1-5H,11H2,(H,12,13,14)(H,15,16,17);;/q;2*+1/p-2. The van der Waals surface area contributed by atoms with Gasteiger partial charge in [-0.05, 0) is 35.0 Å². The van der Waals surface area contributed by atoms with Crippen LogP contribution in [0.5, 0.6) is 0 Å². The van der Waals surface area contributed by atoms with Gasteiger partial charge in [0.15, 0.2) is 0 Å². The molecule has 0 atom stereocenters. The van der Waals surface area contributed by atoms with Crippen molar-refractivity contribution in [1.29, 1.82) is 0 Å². The number of nitrogens with two attached hydrogens (primary N) is 1. The Bertz CT molecular complexity index is 880. The third-order valence-electron chi connectivity index (χ3n) is 2.47. The van der Waals surface area contributed by atoms with E-state index in [-0.39, 0.29) is 75.6 Å². The molecule has 2 rings (SSSR count). The molecule has 102 valence electrons. The summed E-state index contributed by atoms with van der Waals surface area (Å²) in [7, 11) is -9.80. The van der Waals surface area contributed by atoms with Crippen LogP contribution in [0.25, 0.3) is 10.8 Å². The van der Waals surface area contributed by atoms with Gasteiger partial charge in [-0.1, -0.05) is 6.07 Å². The molecule has 7 nitrogen and oxygen atoms in total. The first kappa shape index (κ1) is 21.3. The second-order valence-electron chi connectivity index (χ2n) is 3.81. The van der Waals surface area contributed by atoms with Gasteiger partial charge in [0.2, 0.25) is 0 Å². The number of benzene rings is 2. The molecule has 0 radical (unpaired) electrons. The van der Waals surface area contributed by atoms with E-state index in [1.807, 2.05) is 0 Å². The second kappa shape index (κ2) is 7.26. The summed E-state index contributed by atoms with van der Waals surface area (Å²) in [4.78, 5) is -1.56. The molecule has 0 fully saturated rings. The zero-order valence-electron chi connectivity index (χ0n) is 11.2. The normalized spacial score (nSPS) is 11.5. The maximum atomic E-state index is 11.1. The number of hydrogen-bond acceptors (Lipinski definition) is 7. The van der Waals surface area contributed by atoms with E-state index in [1.165, 1.54) is 18.2 Å². The summed E-state index contributed by atoms with van der Waals surface area (Å²) in [6.07, 6.45) is 0. The van der Waals surface area contributed by atoms with E-state index >= 15 is 0 Å². The topological polar surface area (TPSA) is 140 Å². The predicted octanol–water partition coefficient (Wildman–Crippen LogP) is -5.76. The van der Waals surface area contributed by atoms with E-state index in [0.717, 1.165) is 6.07 Å². The SMILES string of the molecule is Nc1ccc2c(S(=O)(=O)[O-])cc(S(=O)(=O)[O-])cc2c1.[Na+].[Na+]. The Balaban J connectivity index is 0.00000200. The van der Waals surface area contributed by atoms with Crippen molar-refractivity contribution in [2.75, 3.05) is 5.73 Å². The molecule has 0 aromatic heterocycles. The molecule has 0 aliphatic rings. The molecule has 2 N–H and O–H groups in total. The van der Waals surface area contributed by atoms with Crippen molar-refractivity contribution in [3.8, 4) is 0 Å². The molecule has 0 unspecified atom stereocenters. The molecule has 0 spiro atoms. The van der Waals surface area contributed by atoms with Crippen LogP contribution in [-0.4, -0.2) is 25.9 Å². The molecule has 0 heterocycles. The van der Waals surface area contributed by atoms with E-state index in [4.69, 9.17) is 5.73 Å². The Morgan fingerprint density at radius 3 is 1.90 bits per heavy atom. The van der Waals surface area contributed by atoms with Gasteiger partial charge in [-0.2, -0.15) is 0 Å². The van der Waals surface area contributed by atoms with E-state index in [9.17, 15) is 25.9 Å². The molecule has 2 aromatic rings. The van der Waals surface area contributed by atoms with E-state index in [0.29, 0.717) is 6.07 Å². The first-order chi connectivity index (χ1) is 8.59. The fourth-order valence-electron chi connectivity index (χ4n) is 1.68. The van der Waals surface area contributed by atoms with Crippen LogP contribution >= 0.6 is 0 Å². The minimum atomic E-state index is -4.92. The monoisotopic (exact) mass is 347 g/mol. The van der Waals surface area contributed by atoms with Crippen LogP contribution in [0.2, 0.25) is 0 Å². The maximum absolute atomic E-state index is 11.1. The number of anilines is 1. The number of fused-ring (bicyclic) bond motifs is 1. The van der Waals surface area contributed by atoms with Crippen molar-refractivity contribution in [2.24, 2.45) is 0 Å². The summed E-state index contributed by atoms with van der Waals surface area (Å²) in [5.74, 6) is 0. The summed E-state index contributed by atoms with van der Waals surface area (Å²) in [6, 6.07) is 5.45. The van der Waals surface area contributed by atoms with E-state index in [2.05, 4.69) is 0 Å². The van der Waals surface area contributed by atoms with Gasteiger partial charge in [-0.15, -0.1) is 0 Å². The Hall–Kier alpha value is 0.320. The minimum absolute atomic E-state index is 0. The van der Waals surface area contributed by atoms with Gasteiger partial charge < -0.3 is 14.8 Å².